The van der Waals surface area contributed by atoms with Gasteiger partial charge in [0.15, 0.2) is 6.29 Å². The molecule has 34 heavy (non-hydrogen) atoms. The number of hydrogen-bond acceptors (Lipinski definition) is 6. The van der Waals surface area contributed by atoms with Crippen molar-refractivity contribution < 1.29 is 14.4 Å². The van der Waals surface area contributed by atoms with Crippen LogP contribution in [0, 0.1) is 11.8 Å². The number of aliphatic imine (C=N–C) groups is 1. The second-order valence-electron chi connectivity index (χ2n) is 9.30. The lowest BCUT2D eigenvalue weighted by atomic mass is 9.82. The molecule has 2 heterocycles. The Morgan fingerprint density at radius 3 is 2.50 bits per heavy atom. The number of nitrogens with zero attached hydrogens (tertiary/aromatic N) is 3. The molecule has 8 heteroatoms. The molecular weight excluding hydrogens is 448 g/mol. The molecule has 1 atom stereocenters. The quantitative estimate of drug-likeness (QED) is 0.583. The number of carbonyl (C=O) groups excluding carboxylic acids is 3. The first kappa shape index (κ1) is 24.1. The summed E-state index contributed by atoms with van der Waals surface area (Å²) in [7, 11) is 1.89. The Labute approximate surface area is 204 Å². The zero-order chi connectivity index (χ0) is 24.2. The van der Waals surface area contributed by atoms with Crippen molar-refractivity contribution in [2.75, 3.05) is 30.4 Å². The third-order valence-electron chi connectivity index (χ3n) is 6.73. The first-order valence-electron chi connectivity index (χ1n) is 11.9. The molecule has 1 fully saturated rings. The molecule has 1 aliphatic heterocycles. The van der Waals surface area contributed by atoms with Crippen molar-refractivity contribution in [2.45, 2.75) is 45.6 Å². The third-order valence-corrected chi connectivity index (χ3v) is 7.83. The van der Waals surface area contributed by atoms with E-state index in [1.54, 1.807) is 11.2 Å². The maximum Gasteiger partial charge on any atom is 0.251 e. The van der Waals surface area contributed by atoms with Crippen LogP contribution in [-0.4, -0.2) is 55.5 Å². The predicted molar refractivity (Wildman–Crippen MR) is 138 cm³/mol. The summed E-state index contributed by atoms with van der Waals surface area (Å²) in [6.07, 6.45) is 6.51. The summed E-state index contributed by atoms with van der Waals surface area (Å²) < 4.78 is 0. The number of likely N-dealkylation sites (N-methyl/N-ethyl adjacent to an activating group) is 1. The van der Waals surface area contributed by atoms with Crippen molar-refractivity contribution in [3.8, 4) is 10.4 Å². The average molecular weight is 481 g/mol. The van der Waals surface area contributed by atoms with E-state index in [9.17, 15) is 14.4 Å². The van der Waals surface area contributed by atoms with E-state index in [4.69, 9.17) is 0 Å². The first-order chi connectivity index (χ1) is 16.4. The fourth-order valence-corrected chi connectivity index (χ4v) is 5.64. The van der Waals surface area contributed by atoms with Crippen molar-refractivity contribution in [3.63, 3.8) is 0 Å². The van der Waals surface area contributed by atoms with Crippen LogP contribution in [0.2, 0.25) is 0 Å². The number of anilines is 2. The Kier molecular flexibility index (Phi) is 7.46. The number of thiophene rings is 1. The van der Waals surface area contributed by atoms with Gasteiger partial charge in [-0.15, -0.1) is 11.3 Å². The van der Waals surface area contributed by atoms with Gasteiger partial charge in [0, 0.05) is 36.6 Å². The number of nitrogens with one attached hydrogen (secondary N) is 1. The molecular formula is C26H32N4O3S. The van der Waals surface area contributed by atoms with Crippen LogP contribution in [0.25, 0.3) is 10.4 Å². The molecule has 2 amide bonds. The van der Waals surface area contributed by atoms with Crippen LogP contribution in [0.4, 0.5) is 11.4 Å². The van der Waals surface area contributed by atoms with E-state index in [1.165, 1.54) is 11.3 Å². The van der Waals surface area contributed by atoms with Gasteiger partial charge in [-0.3, -0.25) is 19.4 Å². The molecule has 7 nitrogen and oxygen atoms in total. The number of amides is 2. The highest BCUT2D eigenvalue weighted by Gasteiger charge is 2.30. The maximum atomic E-state index is 13.3. The molecule has 1 saturated carbocycles. The van der Waals surface area contributed by atoms with E-state index >= 15 is 0 Å². The molecule has 2 aromatic rings. The fourth-order valence-electron chi connectivity index (χ4n) is 4.66. The van der Waals surface area contributed by atoms with E-state index in [0.29, 0.717) is 35.3 Å². The predicted octanol–water partition coefficient (Wildman–Crippen LogP) is 4.69. The summed E-state index contributed by atoms with van der Waals surface area (Å²) in [4.78, 5) is 46.9. The van der Waals surface area contributed by atoms with Crippen LogP contribution in [-0.2, 0) is 9.59 Å². The molecule has 0 spiro atoms. The molecule has 2 aliphatic rings. The molecule has 1 unspecified atom stereocenters. The van der Waals surface area contributed by atoms with Gasteiger partial charge in [-0.25, -0.2) is 0 Å². The van der Waals surface area contributed by atoms with Gasteiger partial charge >= 0.3 is 0 Å². The van der Waals surface area contributed by atoms with Crippen LogP contribution >= 0.6 is 11.3 Å². The monoisotopic (exact) mass is 480 g/mol. The maximum absolute atomic E-state index is 13.3. The van der Waals surface area contributed by atoms with E-state index in [-0.39, 0.29) is 17.7 Å². The Morgan fingerprint density at radius 1 is 1.21 bits per heavy atom. The largest absolute Gasteiger partial charge is 0.363 e. The van der Waals surface area contributed by atoms with Crippen molar-refractivity contribution in [2.24, 2.45) is 16.8 Å². The second-order valence-corrected chi connectivity index (χ2v) is 10.4. The van der Waals surface area contributed by atoms with Crippen molar-refractivity contribution >= 4 is 47.2 Å². The van der Waals surface area contributed by atoms with Crippen LogP contribution in [0.3, 0.4) is 0 Å². The molecule has 0 bridgehead atoms. The molecule has 1 aromatic heterocycles. The lowest BCUT2D eigenvalue weighted by Gasteiger charge is -2.30. The summed E-state index contributed by atoms with van der Waals surface area (Å²) in [6.45, 7) is 5.30. The number of aldehydes is 1. The highest BCUT2D eigenvalue weighted by atomic mass is 32.1. The molecule has 1 aliphatic carbocycles. The smallest absolute Gasteiger partial charge is 0.251 e. The molecule has 4 rings (SSSR count). The first-order valence-corrected chi connectivity index (χ1v) is 12.8. The number of rotatable bonds is 7. The molecule has 0 saturated heterocycles. The van der Waals surface area contributed by atoms with Gasteiger partial charge in [-0.2, -0.15) is 0 Å². The number of hydrogen-bond donors (Lipinski definition) is 1. The van der Waals surface area contributed by atoms with Crippen molar-refractivity contribution in [3.05, 3.63) is 35.2 Å². The molecule has 180 valence electrons. The van der Waals surface area contributed by atoms with Crippen molar-refractivity contribution in [1.29, 1.82) is 0 Å². The van der Waals surface area contributed by atoms with E-state index < -0.39 is 6.04 Å². The third kappa shape index (κ3) is 5.22. The van der Waals surface area contributed by atoms with Crippen LogP contribution < -0.4 is 10.2 Å². The van der Waals surface area contributed by atoms with E-state index in [2.05, 4.69) is 17.2 Å². The van der Waals surface area contributed by atoms with Gasteiger partial charge in [-0.1, -0.05) is 19.1 Å². The normalized spacial score (nSPS) is 22.0. The lowest BCUT2D eigenvalue weighted by molar-refractivity contribution is -0.123. The van der Waals surface area contributed by atoms with Gasteiger partial charge in [0.2, 0.25) is 5.91 Å². The molecule has 1 N–H and O–H groups in total. The fraction of sp³-hybridized carbons (Fsp3) is 0.462. The standard InChI is InChI=1S/C26H32N4O3S/c1-4-30(26(33)19-7-5-17(2)6-8-19)22-13-23(34-24(22)15-31)18-9-11-20(12-10-18)28-25(32)21-14-29(3)16-27-21/h9-13,15-17,19,21H,4-8,14H2,1-3H3,(H,28,32). The van der Waals surface area contributed by atoms with E-state index in [1.807, 2.05) is 49.2 Å². The Morgan fingerprint density at radius 2 is 1.91 bits per heavy atom. The van der Waals surface area contributed by atoms with Gasteiger partial charge < -0.3 is 15.1 Å². The zero-order valence-electron chi connectivity index (χ0n) is 20.0. The van der Waals surface area contributed by atoms with E-state index in [0.717, 1.165) is 42.4 Å². The van der Waals surface area contributed by atoms with Gasteiger partial charge in [-0.05, 0) is 62.3 Å². The minimum atomic E-state index is -0.398. The summed E-state index contributed by atoms with van der Waals surface area (Å²) in [5, 5.41) is 2.91. The highest BCUT2D eigenvalue weighted by Crippen LogP contribution is 2.38. The minimum absolute atomic E-state index is 0.0332. The van der Waals surface area contributed by atoms with Crippen molar-refractivity contribution in [1.82, 2.24) is 4.90 Å². The highest BCUT2D eigenvalue weighted by molar-refractivity contribution is 7.17. The number of benzene rings is 1. The number of carbonyl (C=O) groups is 3. The second kappa shape index (κ2) is 10.5. The Bertz CT molecular complexity index is 1070. The Hall–Kier alpha value is -3.00. The Balaban J connectivity index is 1.49. The minimum Gasteiger partial charge on any atom is -0.363 e. The van der Waals surface area contributed by atoms with Gasteiger partial charge in [0.25, 0.3) is 5.91 Å². The topological polar surface area (TPSA) is 82.1 Å². The van der Waals surface area contributed by atoms with Gasteiger partial charge in [0.05, 0.1) is 16.9 Å². The van der Waals surface area contributed by atoms with Gasteiger partial charge in [0.1, 0.15) is 6.04 Å². The average Bonchev–Trinajstić information content (AvgIpc) is 3.47. The van der Waals surface area contributed by atoms with Crippen LogP contribution in [0.15, 0.2) is 35.3 Å². The van der Waals surface area contributed by atoms with Crippen LogP contribution in [0.5, 0.6) is 0 Å². The summed E-state index contributed by atoms with van der Waals surface area (Å²) in [6, 6.07) is 9.08. The summed E-state index contributed by atoms with van der Waals surface area (Å²) in [5.41, 5.74) is 2.33. The molecule has 0 radical (unpaired) electrons. The SMILES string of the molecule is CCN(C(=O)C1CCC(C)CC1)c1cc(-c2ccc(NC(=O)C3CN(C)C=N3)cc2)sc1C=O. The summed E-state index contributed by atoms with van der Waals surface area (Å²) >= 11 is 1.39. The lowest BCUT2D eigenvalue weighted by Crippen LogP contribution is -2.37. The van der Waals surface area contributed by atoms with Crippen LogP contribution in [0.1, 0.15) is 49.2 Å². The zero-order valence-corrected chi connectivity index (χ0v) is 20.8. The summed E-state index contributed by atoms with van der Waals surface area (Å²) in [5.74, 6) is 0.701. The molecule has 1 aromatic carbocycles.